The Bertz CT molecular complexity index is 559. The molecule has 0 unspecified atom stereocenters. The van der Waals surface area contributed by atoms with Gasteiger partial charge in [0.25, 0.3) is 0 Å². The Morgan fingerprint density at radius 1 is 1.43 bits per heavy atom. The lowest BCUT2D eigenvalue weighted by Gasteiger charge is -2.05. The molecule has 1 heterocycles. The number of nitrogens with zero attached hydrogens (tertiary/aromatic N) is 3. The number of carbonyl (C=O) groups is 2. The maximum absolute atomic E-state index is 10.6. The smallest absolute Gasteiger partial charge is 0.480 e. The van der Waals surface area contributed by atoms with Gasteiger partial charge in [-0.1, -0.05) is 4.98 Å². The molecule has 10 nitrogen and oxygen atoms in total. The third-order valence-electron chi connectivity index (χ3n) is 2.33. The van der Waals surface area contributed by atoms with Crippen LogP contribution in [0.5, 0.6) is 0 Å². The molecule has 4 N–H and O–H groups in total. The van der Waals surface area contributed by atoms with E-state index in [-0.39, 0.29) is 12.4 Å². The summed E-state index contributed by atoms with van der Waals surface area (Å²) in [5.41, 5.74) is 5.30. The van der Waals surface area contributed by atoms with Gasteiger partial charge in [0.1, 0.15) is 18.4 Å². The molecule has 0 radical (unpaired) electrons. The van der Waals surface area contributed by atoms with E-state index in [4.69, 9.17) is 20.7 Å². The number of carboxylic acids is 2. The zero-order chi connectivity index (χ0) is 18.2. The number of aryl methyl sites for hydroxylation is 1. The summed E-state index contributed by atoms with van der Waals surface area (Å²) in [6, 6.07) is -0.928. The van der Waals surface area contributed by atoms with Gasteiger partial charge in [-0.15, -0.1) is 0 Å². The number of hydrogen-bond acceptors (Lipinski definition) is 6. The van der Waals surface area contributed by atoms with E-state index >= 15 is 0 Å². The van der Waals surface area contributed by atoms with Crippen molar-refractivity contribution in [1.82, 2.24) is 9.55 Å². The highest BCUT2D eigenvalue weighted by Crippen LogP contribution is 2.13. The molecule has 130 valence electrons. The molecule has 1 aromatic rings. The molecule has 0 bridgehead atoms. The van der Waals surface area contributed by atoms with Crippen LogP contribution in [0, 0.1) is 10.1 Å². The van der Waals surface area contributed by atoms with Crippen molar-refractivity contribution >= 4 is 17.9 Å². The van der Waals surface area contributed by atoms with E-state index in [0.29, 0.717) is 13.0 Å². The number of aliphatic carboxylic acids is 2. The van der Waals surface area contributed by atoms with Gasteiger partial charge < -0.3 is 26.1 Å². The minimum atomic E-state index is -5.08. The molecule has 0 aliphatic rings. The lowest BCUT2D eigenvalue weighted by atomic mass is 10.2. The Kier molecular flexibility index (Phi) is 7.65. The average molecular weight is 342 g/mol. The molecule has 13 heteroatoms. The third-order valence-corrected chi connectivity index (χ3v) is 2.33. The van der Waals surface area contributed by atoms with E-state index in [0.717, 1.165) is 0 Å². The van der Waals surface area contributed by atoms with Gasteiger partial charge in [0.05, 0.1) is 6.54 Å². The second kappa shape index (κ2) is 8.67. The van der Waals surface area contributed by atoms with Gasteiger partial charge in [0, 0.05) is 0 Å². The molecule has 0 saturated carbocycles. The molecule has 1 rings (SSSR count). The largest absolute Gasteiger partial charge is 0.490 e. The molecule has 1 aromatic heterocycles. The highest BCUT2D eigenvalue weighted by molar-refractivity contribution is 5.73. The molecule has 1 atom stereocenters. The van der Waals surface area contributed by atoms with E-state index in [1.165, 1.54) is 17.0 Å². The summed E-state index contributed by atoms with van der Waals surface area (Å²) in [6.07, 6.45) is -1.56. The molecule has 0 aliphatic heterocycles. The average Bonchev–Trinajstić information content (AvgIpc) is 2.86. The summed E-state index contributed by atoms with van der Waals surface area (Å²) in [4.78, 5) is 32.8. The number of carboxylic acid groups (broad SMARTS) is 2. The van der Waals surface area contributed by atoms with Gasteiger partial charge in [-0.3, -0.25) is 4.79 Å². The van der Waals surface area contributed by atoms with Crippen LogP contribution in [0.15, 0.2) is 12.4 Å². The number of alkyl halides is 3. The van der Waals surface area contributed by atoms with Crippen LogP contribution < -0.4 is 5.73 Å². The first-order valence-corrected chi connectivity index (χ1v) is 5.90. The monoisotopic (exact) mass is 342 g/mol. The van der Waals surface area contributed by atoms with Crippen LogP contribution in [0.3, 0.4) is 0 Å². The molecule has 23 heavy (non-hydrogen) atoms. The molecule has 0 aliphatic carbocycles. The van der Waals surface area contributed by atoms with Crippen LogP contribution in [-0.2, 0) is 16.1 Å². The summed E-state index contributed by atoms with van der Waals surface area (Å²) < 4.78 is 33.1. The van der Waals surface area contributed by atoms with Crippen molar-refractivity contribution < 1.29 is 37.9 Å². The summed E-state index contributed by atoms with van der Waals surface area (Å²) in [5.74, 6) is -4.07. The number of imidazole rings is 1. The molecular weight excluding hydrogens is 329 g/mol. The Morgan fingerprint density at radius 3 is 2.35 bits per heavy atom. The first kappa shape index (κ1) is 20.3. The zero-order valence-corrected chi connectivity index (χ0v) is 11.4. The molecule has 0 amide bonds. The fraction of sp³-hybridized carbons (Fsp3) is 0.500. The molecule has 0 fully saturated rings. The molecule has 0 saturated heterocycles. The van der Waals surface area contributed by atoms with Gasteiger partial charge in [-0.25, -0.2) is 9.36 Å². The number of aromatic nitrogens is 2. The predicted octanol–water partition coefficient (Wildman–Crippen LogP) is 0.617. The maximum Gasteiger partial charge on any atom is 0.490 e. The van der Waals surface area contributed by atoms with Gasteiger partial charge in [0.2, 0.25) is 0 Å². The summed E-state index contributed by atoms with van der Waals surface area (Å²) in [6.45, 7) is 0.331. The number of rotatable bonds is 6. The summed E-state index contributed by atoms with van der Waals surface area (Å²) in [7, 11) is 0. The Labute approximate surface area is 126 Å². The van der Waals surface area contributed by atoms with E-state index < -0.39 is 29.1 Å². The molecule has 0 spiro atoms. The zero-order valence-electron chi connectivity index (χ0n) is 11.4. The van der Waals surface area contributed by atoms with Crippen molar-refractivity contribution in [2.24, 2.45) is 5.73 Å². The number of halogens is 3. The summed E-state index contributed by atoms with van der Waals surface area (Å²) >= 11 is 0. The van der Waals surface area contributed by atoms with Gasteiger partial charge in [0.15, 0.2) is 0 Å². The first-order valence-electron chi connectivity index (χ1n) is 5.90. The minimum Gasteiger partial charge on any atom is -0.480 e. The van der Waals surface area contributed by atoms with E-state index in [9.17, 15) is 28.1 Å². The molecule has 0 aromatic carbocycles. The Hall–Kier alpha value is -2.70. The van der Waals surface area contributed by atoms with Gasteiger partial charge >= 0.3 is 24.1 Å². The predicted molar refractivity (Wildman–Crippen MR) is 67.4 cm³/mol. The van der Waals surface area contributed by atoms with Crippen LogP contribution >= 0.6 is 0 Å². The molecular formula is C10H13F3N4O6. The van der Waals surface area contributed by atoms with Crippen molar-refractivity contribution in [2.45, 2.75) is 31.6 Å². The quantitative estimate of drug-likeness (QED) is 0.500. The Balaban J connectivity index is 0.000000585. The van der Waals surface area contributed by atoms with Gasteiger partial charge in [-0.2, -0.15) is 13.2 Å². The van der Waals surface area contributed by atoms with Crippen molar-refractivity contribution in [3.8, 4) is 0 Å². The van der Waals surface area contributed by atoms with Crippen LogP contribution in [0.25, 0.3) is 0 Å². The maximum atomic E-state index is 10.6. The van der Waals surface area contributed by atoms with Crippen LogP contribution in [0.1, 0.15) is 12.8 Å². The highest BCUT2D eigenvalue weighted by Gasteiger charge is 2.38. The lowest BCUT2D eigenvalue weighted by molar-refractivity contribution is -0.396. The van der Waals surface area contributed by atoms with Crippen LogP contribution in [0.2, 0.25) is 0 Å². The third kappa shape index (κ3) is 7.75. The minimum absolute atomic E-state index is 0.246. The number of nitrogens with two attached hydrogens (primary N) is 1. The standard InChI is InChI=1S/C8H12N4O4.C2HF3O2/c9-6(7(13)14)2-1-4-11-5-3-10-8(11)12(15)16;3-2(4,5)1(6)7/h3,5-6H,1-2,4,9H2,(H,13,14);(H,6,7)/t6-;/m0./s1. The topological polar surface area (TPSA) is 162 Å². The normalized spacial score (nSPS) is 12.0. The van der Waals surface area contributed by atoms with E-state index in [2.05, 4.69) is 4.98 Å². The first-order chi connectivity index (χ1) is 10.5. The Morgan fingerprint density at radius 2 is 1.96 bits per heavy atom. The summed E-state index contributed by atoms with van der Waals surface area (Å²) in [5, 5.41) is 26.1. The van der Waals surface area contributed by atoms with E-state index in [1.807, 2.05) is 0 Å². The number of hydrogen-bond donors (Lipinski definition) is 3. The van der Waals surface area contributed by atoms with Crippen LogP contribution in [-0.4, -0.2) is 48.8 Å². The van der Waals surface area contributed by atoms with E-state index in [1.54, 1.807) is 0 Å². The van der Waals surface area contributed by atoms with Crippen molar-refractivity contribution in [2.75, 3.05) is 0 Å². The second-order valence-electron chi connectivity index (χ2n) is 4.07. The van der Waals surface area contributed by atoms with Crippen LogP contribution in [0.4, 0.5) is 19.1 Å². The number of nitro groups is 1. The highest BCUT2D eigenvalue weighted by atomic mass is 19.4. The lowest BCUT2D eigenvalue weighted by Crippen LogP contribution is -2.30. The second-order valence-corrected chi connectivity index (χ2v) is 4.07. The SMILES string of the molecule is N[C@@H](CCCn1ccnc1[N+](=O)[O-])C(=O)O.O=C(O)C(F)(F)F. The van der Waals surface area contributed by atoms with Crippen molar-refractivity contribution in [3.63, 3.8) is 0 Å². The fourth-order valence-corrected chi connectivity index (χ4v) is 1.25. The fourth-order valence-electron chi connectivity index (χ4n) is 1.25. The van der Waals surface area contributed by atoms with Crippen molar-refractivity contribution in [3.05, 3.63) is 22.5 Å². The van der Waals surface area contributed by atoms with Crippen molar-refractivity contribution in [1.29, 1.82) is 0 Å². The van der Waals surface area contributed by atoms with Gasteiger partial charge in [-0.05, 0) is 17.8 Å².